The number of likely N-dealkylation sites (N-methyl/N-ethyl adjacent to an activating group) is 1. The van der Waals surface area contributed by atoms with Crippen LogP contribution in [0.2, 0.25) is 0 Å². The standard InChI is InChI=1S/C26H54NO7P/c1-6-7-8-9-10-11-12-13-14-15-16-17-18-19-20-25(23-32-26(28)31-5)24-34-35(29,30)33-22-21-27(2,3)4/h25H,6-24H2,1-5H3/p+1. The molecule has 0 aliphatic carbocycles. The Hall–Kier alpha value is -0.660. The Bertz CT molecular complexity index is 554. The van der Waals surface area contributed by atoms with Gasteiger partial charge in [-0.3, -0.25) is 9.05 Å². The van der Waals surface area contributed by atoms with Gasteiger partial charge in [0.05, 0.1) is 41.5 Å². The van der Waals surface area contributed by atoms with Gasteiger partial charge in [0, 0.05) is 5.92 Å². The average Bonchev–Trinajstić information content (AvgIpc) is 2.79. The second kappa shape index (κ2) is 21.4. The van der Waals surface area contributed by atoms with Crippen LogP contribution in [0.3, 0.4) is 0 Å². The number of hydrogen-bond donors (Lipinski definition) is 1. The lowest BCUT2D eigenvalue weighted by Gasteiger charge is -2.24. The molecule has 8 nitrogen and oxygen atoms in total. The first-order valence-corrected chi connectivity index (χ1v) is 15.2. The van der Waals surface area contributed by atoms with E-state index in [2.05, 4.69) is 11.7 Å². The summed E-state index contributed by atoms with van der Waals surface area (Å²) in [5.74, 6) is -0.186. The molecule has 0 spiro atoms. The van der Waals surface area contributed by atoms with Crippen LogP contribution in [0.5, 0.6) is 0 Å². The summed E-state index contributed by atoms with van der Waals surface area (Å²) in [6.07, 6.45) is 18.0. The maximum atomic E-state index is 12.2. The van der Waals surface area contributed by atoms with Gasteiger partial charge in [0.15, 0.2) is 0 Å². The largest absolute Gasteiger partial charge is 0.507 e. The van der Waals surface area contributed by atoms with E-state index >= 15 is 0 Å². The molecule has 9 heteroatoms. The molecule has 0 amide bonds. The molecular weight excluding hydrogens is 469 g/mol. The van der Waals surface area contributed by atoms with Crippen LogP contribution in [0.15, 0.2) is 0 Å². The quantitative estimate of drug-likeness (QED) is 0.0623. The number of nitrogens with zero attached hydrogens (tertiary/aromatic N) is 1. The molecule has 2 atom stereocenters. The van der Waals surface area contributed by atoms with Gasteiger partial charge in [-0.05, 0) is 6.42 Å². The van der Waals surface area contributed by atoms with Crippen LogP contribution in [0.4, 0.5) is 4.79 Å². The first kappa shape index (κ1) is 34.3. The smallest absolute Gasteiger partial charge is 0.438 e. The molecule has 0 aromatic rings. The third-order valence-electron chi connectivity index (χ3n) is 6.06. The highest BCUT2D eigenvalue weighted by Gasteiger charge is 2.25. The Morgan fingerprint density at radius 1 is 0.800 bits per heavy atom. The Labute approximate surface area is 215 Å². The van der Waals surface area contributed by atoms with Crippen molar-refractivity contribution in [3.8, 4) is 0 Å². The summed E-state index contributed by atoms with van der Waals surface area (Å²) in [5.41, 5.74) is 0. The molecule has 0 aromatic carbocycles. The Morgan fingerprint density at radius 2 is 1.29 bits per heavy atom. The lowest BCUT2D eigenvalue weighted by atomic mass is 10.0. The Balaban J connectivity index is 4.02. The number of phosphoric acid groups is 1. The molecule has 0 heterocycles. The van der Waals surface area contributed by atoms with Crippen LogP contribution in [-0.4, -0.2) is 70.2 Å². The normalized spacial score (nSPS) is 14.5. The van der Waals surface area contributed by atoms with E-state index in [9.17, 15) is 14.3 Å². The topological polar surface area (TPSA) is 91.3 Å². The fraction of sp³-hybridized carbons (Fsp3) is 0.962. The monoisotopic (exact) mass is 524 g/mol. The number of phosphoric ester groups is 1. The number of unbranched alkanes of at least 4 members (excludes halogenated alkanes) is 13. The van der Waals surface area contributed by atoms with E-state index in [1.807, 2.05) is 21.1 Å². The average molecular weight is 525 g/mol. The van der Waals surface area contributed by atoms with Crippen molar-refractivity contribution in [1.29, 1.82) is 0 Å². The maximum Gasteiger partial charge on any atom is 0.507 e. The molecule has 0 bridgehead atoms. The molecule has 0 radical (unpaired) electrons. The molecule has 35 heavy (non-hydrogen) atoms. The zero-order valence-corrected chi connectivity index (χ0v) is 24.2. The zero-order valence-electron chi connectivity index (χ0n) is 23.3. The second-order valence-electron chi connectivity index (χ2n) is 10.6. The third kappa shape index (κ3) is 24.8. The summed E-state index contributed by atoms with van der Waals surface area (Å²) in [7, 11) is 3.04. The van der Waals surface area contributed by atoms with Crippen molar-refractivity contribution < 1.29 is 37.3 Å². The second-order valence-corrected chi connectivity index (χ2v) is 12.1. The molecular formula is C26H55NO7P+. The van der Waals surface area contributed by atoms with Gasteiger partial charge in [0.1, 0.15) is 13.2 Å². The van der Waals surface area contributed by atoms with Crippen LogP contribution in [0.25, 0.3) is 0 Å². The van der Waals surface area contributed by atoms with E-state index < -0.39 is 14.0 Å². The van der Waals surface area contributed by atoms with Gasteiger partial charge in [-0.15, -0.1) is 0 Å². The highest BCUT2D eigenvalue weighted by atomic mass is 31.2. The minimum atomic E-state index is -4.14. The predicted molar refractivity (Wildman–Crippen MR) is 141 cm³/mol. The molecule has 0 saturated carbocycles. The highest BCUT2D eigenvalue weighted by Crippen LogP contribution is 2.43. The lowest BCUT2D eigenvalue weighted by molar-refractivity contribution is -0.870. The van der Waals surface area contributed by atoms with Gasteiger partial charge in [-0.1, -0.05) is 96.8 Å². The maximum absolute atomic E-state index is 12.2. The van der Waals surface area contributed by atoms with Gasteiger partial charge in [-0.25, -0.2) is 9.36 Å². The van der Waals surface area contributed by atoms with E-state index in [0.29, 0.717) is 11.0 Å². The van der Waals surface area contributed by atoms with E-state index in [4.69, 9.17) is 13.8 Å². The van der Waals surface area contributed by atoms with Crippen molar-refractivity contribution in [1.82, 2.24) is 0 Å². The molecule has 0 saturated heterocycles. The molecule has 2 unspecified atom stereocenters. The van der Waals surface area contributed by atoms with Gasteiger partial charge in [0.2, 0.25) is 0 Å². The van der Waals surface area contributed by atoms with Crippen molar-refractivity contribution in [2.45, 2.75) is 103 Å². The molecule has 210 valence electrons. The summed E-state index contributed by atoms with van der Waals surface area (Å²) < 4.78 is 32.6. The number of methoxy groups -OCH3 is 1. The van der Waals surface area contributed by atoms with Crippen molar-refractivity contribution >= 4 is 14.0 Å². The molecule has 1 N–H and O–H groups in total. The van der Waals surface area contributed by atoms with E-state index in [-0.39, 0.29) is 25.7 Å². The minimum Gasteiger partial charge on any atom is -0.438 e. The van der Waals surface area contributed by atoms with Gasteiger partial charge >= 0.3 is 14.0 Å². The van der Waals surface area contributed by atoms with Crippen LogP contribution in [0.1, 0.15) is 103 Å². The lowest BCUT2D eigenvalue weighted by Crippen LogP contribution is -2.37. The van der Waals surface area contributed by atoms with Crippen molar-refractivity contribution in [3.05, 3.63) is 0 Å². The van der Waals surface area contributed by atoms with E-state index in [1.54, 1.807) is 0 Å². The number of quaternary nitrogens is 1. The number of carbonyl (C=O) groups is 1. The van der Waals surface area contributed by atoms with Crippen molar-refractivity contribution in [2.75, 3.05) is 54.6 Å². The summed E-state index contributed by atoms with van der Waals surface area (Å²) in [6.45, 7) is 3.05. The summed E-state index contributed by atoms with van der Waals surface area (Å²) in [5, 5.41) is 0. The summed E-state index contributed by atoms with van der Waals surface area (Å²) in [6, 6.07) is 0. The predicted octanol–water partition coefficient (Wildman–Crippen LogP) is 7.10. The number of rotatable bonds is 24. The zero-order chi connectivity index (χ0) is 26.4. The van der Waals surface area contributed by atoms with Gasteiger partial charge in [0.25, 0.3) is 0 Å². The van der Waals surface area contributed by atoms with Crippen LogP contribution in [-0.2, 0) is 23.1 Å². The van der Waals surface area contributed by atoms with E-state index in [1.165, 1.54) is 84.2 Å². The SMILES string of the molecule is CCCCCCCCCCCCCCCCC(COC(=O)OC)COP(=O)(O)OCC[N+](C)(C)C. The van der Waals surface area contributed by atoms with Crippen LogP contribution in [0, 0.1) is 5.92 Å². The highest BCUT2D eigenvalue weighted by molar-refractivity contribution is 7.47. The minimum absolute atomic E-state index is 0.00636. The molecule has 0 aliphatic rings. The number of hydrogen-bond acceptors (Lipinski definition) is 6. The third-order valence-corrected chi connectivity index (χ3v) is 7.04. The van der Waals surface area contributed by atoms with Crippen LogP contribution < -0.4 is 0 Å². The van der Waals surface area contributed by atoms with Gasteiger partial charge in [-0.2, -0.15) is 0 Å². The Kier molecular flexibility index (Phi) is 21.0. The molecule has 0 rings (SSSR count). The molecule has 0 aliphatic heterocycles. The summed E-state index contributed by atoms with van der Waals surface area (Å²) in [4.78, 5) is 21.3. The number of ether oxygens (including phenoxy) is 2. The van der Waals surface area contributed by atoms with Crippen molar-refractivity contribution in [2.24, 2.45) is 5.92 Å². The van der Waals surface area contributed by atoms with Crippen LogP contribution >= 0.6 is 7.82 Å². The summed E-state index contributed by atoms with van der Waals surface area (Å²) >= 11 is 0. The van der Waals surface area contributed by atoms with Crippen molar-refractivity contribution in [3.63, 3.8) is 0 Å². The molecule has 0 fully saturated rings. The van der Waals surface area contributed by atoms with E-state index in [0.717, 1.165) is 19.3 Å². The number of carbonyl (C=O) groups excluding carboxylic acids is 1. The first-order chi connectivity index (χ1) is 16.6. The fourth-order valence-corrected chi connectivity index (χ4v) is 4.54. The Morgan fingerprint density at radius 3 is 1.74 bits per heavy atom. The van der Waals surface area contributed by atoms with Gasteiger partial charge < -0.3 is 18.9 Å². The first-order valence-electron chi connectivity index (χ1n) is 13.7. The molecule has 0 aromatic heterocycles. The fourth-order valence-electron chi connectivity index (χ4n) is 3.75.